The average molecular weight is 192 g/mol. The molecule has 1 heteroatoms. The number of Topliss-reactive ketones (excluding diaryl/α,β-unsaturated/α-hetero) is 1. The highest BCUT2D eigenvalue weighted by Gasteiger charge is 2.12. The minimum Gasteiger partial charge on any atom is -0.295 e. The maximum atomic E-state index is 11.6. The molecule has 1 rings (SSSR count). The van der Waals surface area contributed by atoms with Gasteiger partial charge in [-0.2, -0.15) is 0 Å². The normalized spacial score (nSPS) is 15.3. The third-order valence-corrected chi connectivity index (χ3v) is 2.71. The predicted octanol–water partition coefficient (Wildman–Crippen LogP) is 3.80. The molecule has 0 radical (unpaired) electrons. The maximum Gasteiger partial charge on any atom is 0.158 e. The van der Waals surface area contributed by atoms with E-state index in [9.17, 15) is 4.79 Å². The highest BCUT2D eigenvalue weighted by Crippen LogP contribution is 2.20. The summed E-state index contributed by atoms with van der Waals surface area (Å²) in [5, 5.41) is 0. The van der Waals surface area contributed by atoms with Crippen LogP contribution in [0.15, 0.2) is 24.3 Å². The van der Waals surface area contributed by atoms with E-state index >= 15 is 0 Å². The SMILES string of the molecule is C=CCCCCCC(=O)C1=CCCC1. The van der Waals surface area contributed by atoms with Gasteiger partial charge in [0.1, 0.15) is 0 Å². The van der Waals surface area contributed by atoms with E-state index in [0.29, 0.717) is 5.78 Å². The van der Waals surface area contributed by atoms with Crippen LogP contribution in [0, 0.1) is 0 Å². The minimum atomic E-state index is 0.390. The molecule has 0 saturated carbocycles. The van der Waals surface area contributed by atoms with Gasteiger partial charge in [0.25, 0.3) is 0 Å². The van der Waals surface area contributed by atoms with E-state index in [0.717, 1.165) is 44.1 Å². The van der Waals surface area contributed by atoms with Crippen molar-refractivity contribution in [2.24, 2.45) is 0 Å². The molecule has 1 aliphatic carbocycles. The summed E-state index contributed by atoms with van der Waals surface area (Å²) in [6, 6.07) is 0. The van der Waals surface area contributed by atoms with Crippen LogP contribution in [0.4, 0.5) is 0 Å². The first-order valence-electron chi connectivity index (χ1n) is 5.67. The van der Waals surface area contributed by atoms with Crippen LogP contribution in [-0.4, -0.2) is 5.78 Å². The Balaban J connectivity index is 2.06. The first kappa shape index (κ1) is 11.2. The number of hydrogen-bond acceptors (Lipinski definition) is 1. The van der Waals surface area contributed by atoms with Gasteiger partial charge in [-0.15, -0.1) is 6.58 Å². The number of ketones is 1. The molecule has 0 aromatic heterocycles. The molecule has 0 aromatic carbocycles. The second-order valence-electron chi connectivity index (χ2n) is 3.93. The van der Waals surface area contributed by atoms with Gasteiger partial charge >= 0.3 is 0 Å². The van der Waals surface area contributed by atoms with Crippen molar-refractivity contribution in [1.29, 1.82) is 0 Å². The van der Waals surface area contributed by atoms with E-state index < -0.39 is 0 Å². The number of allylic oxidation sites excluding steroid dienone is 3. The second-order valence-corrected chi connectivity index (χ2v) is 3.93. The molecule has 0 N–H and O–H groups in total. The summed E-state index contributed by atoms with van der Waals surface area (Å²) >= 11 is 0. The van der Waals surface area contributed by atoms with Crippen molar-refractivity contribution in [2.45, 2.75) is 51.4 Å². The van der Waals surface area contributed by atoms with E-state index in [1.165, 1.54) is 12.8 Å². The van der Waals surface area contributed by atoms with Crippen LogP contribution in [0.2, 0.25) is 0 Å². The van der Waals surface area contributed by atoms with Crippen molar-refractivity contribution in [1.82, 2.24) is 0 Å². The fraction of sp³-hybridized carbons (Fsp3) is 0.615. The van der Waals surface area contributed by atoms with Gasteiger partial charge in [-0.05, 0) is 44.1 Å². The number of rotatable bonds is 7. The largest absolute Gasteiger partial charge is 0.295 e. The highest BCUT2D eigenvalue weighted by atomic mass is 16.1. The predicted molar refractivity (Wildman–Crippen MR) is 60.2 cm³/mol. The molecule has 0 atom stereocenters. The van der Waals surface area contributed by atoms with Crippen LogP contribution in [0.25, 0.3) is 0 Å². The van der Waals surface area contributed by atoms with Crippen LogP contribution in [0.1, 0.15) is 51.4 Å². The van der Waals surface area contributed by atoms with Gasteiger partial charge in [0.2, 0.25) is 0 Å². The molecule has 0 aliphatic heterocycles. The lowest BCUT2D eigenvalue weighted by Gasteiger charge is -2.00. The Morgan fingerprint density at radius 2 is 2.29 bits per heavy atom. The van der Waals surface area contributed by atoms with E-state index in [-0.39, 0.29) is 0 Å². The molecular weight excluding hydrogens is 172 g/mol. The molecule has 1 nitrogen and oxygen atoms in total. The van der Waals surface area contributed by atoms with Crippen molar-refractivity contribution in [3.8, 4) is 0 Å². The van der Waals surface area contributed by atoms with Crippen LogP contribution in [0.3, 0.4) is 0 Å². The van der Waals surface area contributed by atoms with E-state index in [1.807, 2.05) is 6.08 Å². The lowest BCUT2D eigenvalue weighted by atomic mass is 10.0. The van der Waals surface area contributed by atoms with E-state index in [4.69, 9.17) is 0 Å². The Morgan fingerprint density at radius 3 is 2.93 bits per heavy atom. The van der Waals surface area contributed by atoms with Crippen LogP contribution in [-0.2, 0) is 4.79 Å². The second kappa shape index (κ2) is 6.58. The standard InChI is InChI=1S/C13H20O/c1-2-3-4-5-6-11-13(14)12-9-7-8-10-12/h2,9H,1,3-8,10-11H2. The van der Waals surface area contributed by atoms with E-state index in [2.05, 4.69) is 12.7 Å². The van der Waals surface area contributed by atoms with Crippen LogP contribution in [0.5, 0.6) is 0 Å². The fourth-order valence-electron chi connectivity index (χ4n) is 1.84. The average Bonchev–Trinajstić information content (AvgIpc) is 2.70. The minimum absolute atomic E-state index is 0.390. The summed E-state index contributed by atoms with van der Waals surface area (Å²) in [6.45, 7) is 3.68. The number of hydrogen-bond donors (Lipinski definition) is 0. The molecule has 0 unspecified atom stereocenters. The number of carbonyl (C=O) groups is 1. The fourth-order valence-corrected chi connectivity index (χ4v) is 1.84. The van der Waals surface area contributed by atoms with Crippen molar-refractivity contribution in [3.63, 3.8) is 0 Å². The summed E-state index contributed by atoms with van der Waals surface area (Å²) in [7, 11) is 0. The molecule has 0 spiro atoms. The summed E-state index contributed by atoms with van der Waals surface area (Å²) in [5.41, 5.74) is 1.09. The van der Waals surface area contributed by atoms with Crippen molar-refractivity contribution in [2.75, 3.05) is 0 Å². The Kier molecular flexibility index (Phi) is 5.28. The van der Waals surface area contributed by atoms with Gasteiger partial charge in [0.15, 0.2) is 5.78 Å². The van der Waals surface area contributed by atoms with Crippen molar-refractivity contribution < 1.29 is 4.79 Å². The summed E-state index contributed by atoms with van der Waals surface area (Å²) < 4.78 is 0. The molecule has 0 aromatic rings. The van der Waals surface area contributed by atoms with Gasteiger partial charge in [-0.3, -0.25) is 4.79 Å². The Labute approximate surface area is 86.9 Å². The molecule has 78 valence electrons. The molecule has 0 amide bonds. The van der Waals surface area contributed by atoms with Gasteiger partial charge in [0.05, 0.1) is 0 Å². The summed E-state index contributed by atoms with van der Waals surface area (Å²) in [5.74, 6) is 0.390. The van der Waals surface area contributed by atoms with Gasteiger partial charge in [-0.1, -0.05) is 18.6 Å². The molecule has 14 heavy (non-hydrogen) atoms. The first-order valence-corrected chi connectivity index (χ1v) is 5.67. The molecule has 1 aliphatic rings. The molecule has 0 bridgehead atoms. The summed E-state index contributed by atoms with van der Waals surface area (Å²) in [4.78, 5) is 11.6. The zero-order valence-corrected chi connectivity index (χ0v) is 8.93. The molecule has 0 saturated heterocycles. The smallest absolute Gasteiger partial charge is 0.158 e. The lowest BCUT2D eigenvalue weighted by molar-refractivity contribution is -0.115. The first-order chi connectivity index (χ1) is 6.84. The highest BCUT2D eigenvalue weighted by molar-refractivity contribution is 5.95. The monoisotopic (exact) mass is 192 g/mol. The van der Waals surface area contributed by atoms with Crippen LogP contribution < -0.4 is 0 Å². The number of unbranched alkanes of at least 4 members (excludes halogenated alkanes) is 3. The third kappa shape index (κ3) is 3.91. The Morgan fingerprint density at radius 1 is 1.43 bits per heavy atom. The third-order valence-electron chi connectivity index (χ3n) is 2.71. The van der Waals surface area contributed by atoms with Gasteiger partial charge in [0, 0.05) is 6.42 Å². The maximum absolute atomic E-state index is 11.6. The Hall–Kier alpha value is -0.850. The van der Waals surface area contributed by atoms with Crippen molar-refractivity contribution >= 4 is 5.78 Å². The topological polar surface area (TPSA) is 17.1 Å². The Bertz CT molecular complexity index is 225. The lowest BCUT2D eigenvalue weighted by Crippen LogP contribution is -1.99. The van der Waals surface area contributed by atoms with Crippen LogP contribution >= 0.6 is 0 Å². The van der Waals surface area contributed by atoms with Gasteiger partial charge in [-0.25, -0.2) is 0 Å². The van der Waals surface area contributed by atoms with Gasteiger partial charge < -0.3 is 0 Å². The van der Waals surface area contributed by atoms with Crippen molar-refractivity contribution in [3.05, 3.63) is 24.3 Å². The summed E-state index contributed by atoms with van der Waals surface area (Å²) in [6.07, 6.45) is 12.6. The quantitative estimate of drug-likeness (QED) is 0.443. The molecule has 0 heterocycles. The molecule has 0 fully saturated rings. The number of carbonyl (C=O) groups excluding carboxylic acids is 1. The zero-order chi connectivity index (χ0) is 10.2. The van der Waals surface area contributed by atoms with E-state index in [1.54, 1.807) is 0 Å². The zero-order valence-electron chi connectivity index (χ0n) is 8.93. The molecular formula is C13H20O.